The van der Waals surface area contributed by atoms with E-state index >= 15 is 0 Å². The zero-order valence-electron chi connectivity index (χ0n) is 19.5. The molecule has 34 heavy (non-hydrogen) atoms. The van der Waals surface area contributed by atoms with Gasteiger partial charge in [0.25, 0.3) is 0 Å². The van der Waals surface area contributed by atoms with Gasteiger partial charge in [0.1, 0.15) is 27.9 Å². The van der Waals surface area contributed by atoms with Crippen molar-refractivity contribution < 1.29 is 13.7 Å². The van der Waals surface area contributed by atoms with Gasteiger partial charge >= 0.3 is 6.09 Å². The number of H-pyrrole nitrogens is 1. The SMILES string of the molecule is CN1C(NC(=O)OC(C)(C)C)=N[C@](C)(c2sc(-c3ncc(-c4ccccc4)[nH]3)cc2Cl)CS1=O. The third kappa shape index (κ3) is 5.18. The van der Waals surface area contributed by atoms with Crippen molar-refractivity contribution in [2.24, 2.45) is 4.99 Å². The summed E-state index contributed by atoms with van der Waals surface area (Å²) in [7, 11) is 0.180. The van der Waals surface area contributed by atoms with Crippen LogP contribution in [0.3, 0.4) is 0 Å². The number of hydrogen-bond acceptors (Lipinski definition) is 6. The predicted molar refractivity (Wildman–Crippen MR) is 137 cm³/mol. The summed E-state index contributed by atoms with van der Waals surface area (Å²) < 4.78 is 19.7. The number of imidazole rings is 1. The topological polar surface area (TPSA) is 99.7 Å². The van der Waals surface area contributed by atoms with Crippen LogP contribution in [0.25, 0.3) is 22.0 Å². The van der Waals surface area contributed by atoms with E-state index in [2.05, 4.69) is 15.3 Å². The van der Waals surface area contributed by atoms with Gasteiger partial charge in [-0.3, -0.25) is 9.62 Å². The van der Waals surface area contributed by atoms with E-state index in [1.807, 2.05) is 43.3 Å². The number of amides is 1. The molecule has 180 valence electrons. The van der Waals surface area contributed by atoms with E-state index in [1.54, 1.807) is 34.0 Å². The average Bonchev–Trinajstić information content (AvgIpc) is 3.38. The van der Waals surface area contributed by atoms with E-state index in [1.165, 1.54) is 15.6 Å². The Morgan fingerprint density at radius 1 is 1.32 bits per heavy atom. The number of guanidine groups is 1. The van der Waals surface area contributed by atoms with Crippen molar-refractivity contribution in [2.45, 2.75) is 38.8 Å². The highest BCUT2D eigenvalue weighted by Crippen LogP contribution is 2.43. The molecule has 1 amide bonds. The molecular weight excluding hydrogens is 494 g/mol. The number of benzene rings is 1. The maximum Gasteiger partial charge on any atom is 0.414 e. The van der Waals surface area contributed by atoms with Gasteiger partial charge in [0.2, 0.25) is 5.96 Å². The Morgan fingerprint density at radius 2 is 2.03 bits per heavy atom. The number of aromatic nitrogens is 2. The summed E-state index contributed by atoms with van der Waals surface area (Å²) in [5, 5.41) is 3.13. The number of thiophene rings is 1. The summed E-state index contributed by atoms with van der Waals surface area (Å²) in [6, 6.07) is 11.7. The van der Waals surface area contributed by atoms with E-state index in [-0.39, 0.29) is 11.7 Å². The van der Waals surface area contributed by atoms with Gasteiger partial charge in [-0.15, -0.1) is 11.3 Å². The smallest absolute Gasteiger partial charge is 0.414 e. The Labute approximate surface area is 210 Å². The predicted octanol–water partition coefficient (Wildman–Crippen LogP) is 5.16. The molecule has 3 aromatic rings. The van der Waals surface area contributed by atoms with Crippen LogP contribution in [0.4, 0.5) is 4.79 Å². The lowest BCUT2D eigenvalue weighted by molar-refractivity contribution is 0.0559. The highest BCUT2D eigenvalue weighted by Gasteiger charge is 2.40. The fraction of sp³-hybridized carbons (Fsp3) is 0.348. The second-order valence-corrected chi connectivity index (χ2v) is 12.0. The monoisotopic (exact) mass is 519 g/mol. The molecule has 0 saturated carbocycles. The zero-order chi connectivity index (χ0) is 24.7. The summed E-state index contributed by atoms with van der Waals surface area (Å²) in [6.07, 6.45) is 1.12. The normalized spacial score (nSPS) is 20.7. The van der Waals surface area contributed by atoms with Gasteiger partial charge in [-0.25, -0.2) is 19.0 Å². The Balaban J connectivity index is 1.65. The summed E-state index contributed by atoms with van der Waals surface area (Å²) in [5.74, 6) is 1.07. The van der Waals surface area contributed by atoms with Crippen molar-refractivity contribution in [1.29, 1.82) is 0 Å². The third-order valence-electron chi connectivity index (χ3n) is 5.04. The first-order chi connectivity index (χ1) is 15.9. The summed E-state index contributed by atoms with van der Waals surface area (Å²) in [4.78, 5) is 26.5. The molecule has 2 atom stereocenters. The lowest BCUT2D eigenvalue weighted by atomic mass is 10.0. The lowest BCUT2D eigenvalue weighted by Gasteiger charge is -2.34. The van der Waals surface area contributed by atoms with Gasteiger partial charge in [-0.2, -0.15) is 0 Å². The minimum atomic E-state index is -1.43. The van der Waals surface area contributed by atoms with E-state index in [9.17, 15) is 9.00 Å². The Hall–Kier alpha value is -2.69. The van der Waals surface area contributed by atoms with Crippen LogP contribution in [-0.4, -0.2) is 48.9 Å². The first kappa shape index (κ1) is 24.4. The summed E-state index contributed by atoms with van der Waals surface area (Å²) in [5.41, 5.74) is 0.351. The second kappa shape index (κ2) is 9.16. The largest absolute Gasteiger partial charge is 0.444 e. The summed E-state index contributed by atoms with van der Waals surface area (Å²) in [6.45, 7) is 7.16. The molecule has 0 bridgehead atoms. The van der Waals surface area contributed by atoms with Gasteiger partial charge < -0.3 is 9.72 Å². The Morgan fingerprint density at radius 3 is 2.71 bits per heavy atom. The number of ether oxygens (including phenoxy) is 1. The van der Waals surface area contributed by atoms with Crippen LogP contribution in [0.2, 0.25) is 5.02 Å². The summed E-state index contributed by atoms with van der Waals surface area (Å²) >= 11 is 8.07. The molecule has 0 spiro atoms. The van der Waals surface area contributed by atoms with Crippen LogP contribution in [0.1, 0.15) is 32.6 Å². The quantitative estimate of drug-likeness (QED) is 0.499. The molecule has 1 aromatic carbocycles. The highest BCUT2D eigenvalue weighted by atomic mass is 35.5. The molecule has 0 fully saturated rings. The zero-order valence-corrected chi connectivity index (χ0v) is 21.9. The molecule has 2 aromatic heterocycles. The van der Waals surface area contributed by atoms with Crippen LogP contribution in [-0.2, 0) is 21.3 Å². The molecule has 0 aliphatic carbocycles. The van der Waals surface area contributed by atoms with Crippen LogP contribution < -0.4 is 5.32 Å². The number of nitrogens with zero attached hydrogens (tertiary/aromatic N) is 3. The highest BCUT2D eigenvalue weighted by molar-refractivity contribution is 7.83. The second-order valence-electron chi connectivity index (χ2n) is 9.10. The molecular formula is C23H26ClN5O3S2. The van der Waals surface area contributed by atoms with E-state index in [4.69, 9.17) is 21.3 Å². The first-order valence-electron chi connectivity index (χ1n) is 10.6. The van der Waals surface area contributed by atoms with Crippen molar-refractivity contribution in [3.63, 3.8) is 0 Å². The molecule has 2 N–H and O–H groups in total. The van der Waals surface area contributed by atoms with E-state index < -0.39 is 28.2 Å². The number of carbonyl (C=O) groups is 1. The third-order valence-corrected chi connectivity index (χ3v) is 8.44. The average molecular weight is 520 g/mol. The van der Waals surface area contributed by atoms with Gasteiger partial charge in [-0.1, -0.05) is 41.9 Å². The van der Waals surface area contributed by atoms with Crippen molar-refractivity contribution >= 4 is 46.0 Å². The van der Waals surface area contributed by atoms with Crippen molar-refractivity contribution in [3.8, 4) is 22.0 Å². The number of rotatable bonds is 3. The maximum absolute atomic E-state index is 12.9. The van der Waals surface area contributed by atoms with Crippen LogP contribution in [0.5, 0.6) is 0 Å². The van der Waals surface area contributed by atoms with E-state index in [0.717, 1.165) is 21.0 Å². The van der Waals surface area contributed by atoms with Crippen molar-refractivity contribution in [1.82, 2.24) is 19.6 Å². The van der Waals surface area contributed by atoms with Crippen molar-refractivity contribution in [3.05, 3.63) is 52.5 Å². The molecule has 0 saturated heterocycles. The first-order valence-corrected chi connectivity index (χ1v) is 13.0. The number of halogens is 1. The van der Waals surface area contributed by atoms with Gasteiger partial charge in [0.15, 0.2) is 0 Å². The molecule has 3 heterocycles. The Bertz CT molecular complexity index is 1270. The molecule has 0 radical (unpaired) electrons. The van der Waals surface area contributed by atoms with Crippen LogP contribution >= 0.6 is 22.9 Å². The fourth-order valence-corrected chi connectivity index (χ4v) is 6.29. The number of aromatic amines is 1. The number of hydrogen-bond donors (Lipinski definition) is 2. The van der Waals surface area contributed by atoms with E-state index in [0.29, 0.717) is 10.8 Å². The molecule has 11 heteroatoms. The fourth-order valence-electron chi connectivity index (χ4n) is 3.45. The lowest BCUT2D eigenvalue weighted by Crippen LogP contribution is -2.51. The van der Waals surface area contributed by atoms with Crippen LogP contribution in [0.15, 0.2) is 47.6 Å². The number of nitrogens with one attached hydrogen (secondary N) is 2. The number of alkyl carbamates (subject to hydrolysis) is 1. The van der Waals surface area contributed by atoms with Gasteiger partial charge in [0.05, 0.1) is 32.4 Å². The standard InChI is InChI=1S/C23H26ClN5O3S2/c1-22(2,3)32-21(30)27-20-28-23(4,13-34(31)29(20)5)18-15(24)11-17(33-18)19-25-12-16(26-19)14-9-7-6-8-10-14/h6-12H,13H2,1-5H3,(H,25,26)(H,27,28,30)/t23-,34?/m0/s1. The van der Waals surface area contributed by atoms with Crippen LogP contribution in [0, 0.1) is 0 Å². The minimum absolute atomic E-state index is 0.164. The molecule has 1 unspecified atom stereocenters. The molecule has 1 aliphatic heterocycles. The number of aliphatic imine (C=N–C) groups is 1. The minimum Gasteiger partial charge on any atom is -0.444 e. The number of carbonyl (C=O) groups excluding carboxylic acids is 1. The molecule has 1 aliphatic rings. The molecule has 8 nitrogen and oxygen atoms in total. The maximum atomic E-state index is 12.9. The van der Waals surface area contributed by atoms with Gasteiger partial charge in [-0.05, 0) is 39.3 Å². The Kier molecular flexibility index (Phi) is 6.58. The van der Waals surface area contributed by atoms with Gasteiger partial charge in [0, 0.05) is 7.05 Å². The molecule has 4 rings (SSSR count). The van der Waals surface area contributed by atoms with Crippen molar-refractivity contribution in [2.75, 3.05) is 12.8 Å².